The molecule has 1 heterocycles. The number of hydrogen-bond acceptors (Lipinski definition) is 2. The van der Waals surface area contributed by atoms with Gasteiger partial charge >= 0.3 is 5.97 Å². The molecule has 0 bridgehead atoms. The molecule has 0 spiro atoms. The van der Waals surface area contributed by atoms with Gasteiger partial charge in [-0.2, -0.15) is 0 Å². The Morgan fingerprint density at radius 2 is 2.11 bits per heavy atom. The lowest BCUT2D eigenvalue weighted by Crippen LogP contribution is -2.30. The SMILES string of the molecule is CC(C)n1cc(Cl)cc1C(=O)N(C)CCCC(=O)O. The van der Waals surface area contributed by atoms with Crippen LogP contribution in [0.3, 0.4) is 0 Å². The predicted molar refractivity (Wildman–Crippen MR) is 73.7 cm³/mol. The van der Waals surface area contributed by atoms with E-state index in [9.17, 15) is 9.59 Å². The Kier molecular flexibility index (Phi) is 5.42. The van der Waals surface area contributed by atoms with E-state index in [0.29, 0.717) is 23.7 Å². The maximum Gasteiger partial charge on any atom is 0.303 e. The Hall–Kier alpha value is -1.49. The van der Waals surface area contributed by atoms with Gasteiger partial charge in [0.05, 0.1) is 5.02 Å². The third kappa shape index (κ3) is 4.28. The first-order chi connectivity index (χ1) is 8.82. The summed E-state index contributed by atoms with van der Waals surface area (Å²) in [6.45, 7) is 4.35. The highest BCUT2D eigenvalue weighted by Crippen LogP contribution is 2.20. The smallest absolute Gasteiger partial charge is 0.303 e. The Labute approximate surface area is 117 Å². The number of amides is 1. The van der Waals surface area contributed by atoms with Crippen LogP contribution >= 0.6 is 11.6 Å². The first-order valence-electron chi connectivity index (χ1n) is 6.17. The summed E-state index contributed by atoms with van der Waals surface area (Å²) < 4.78 is 1.82. The molecule has 5 nitrogen and oxygen atoms in total. The average Bonchev–Trinajstić information content (AvgIpc) is 2.69. The van der Waals surface area contributed by atoms with E-state index in [1.807, 2.05) is 18.4 Å². The molecule has 0 saturated carbocycles. The van der Waals surface area contributed by atoms with E-state index in [1.54, 1.807) is 19.3 Å². The van der Waals surface area contributed by atoms with Crippen molar-refractivity contribution in [3.05, 3.63) is 23.0 Å². The number of carbonyl (C=O) groups excluding carboxylic acids is 1. The Morgan fingerprint density at radius 1 is 1.47 bits per heavy atom. The van der Waals surface area contributed by atoms with Gasteiger partial charge < -0.3 is 14.6 Å². The van der Waals surface area contributed by atoms with Crippen LogP contribution in [0.15, 0.2) is 12.3 Å². The van der Waals surface area contributed by atoms with E-state index >= 15 is 0 Å². The fraction of sp³-hybridized carbons (Fsp3) is 0.538. The van der Waals surface area contributed by atoms with Crippen molar-refractivity contribution in [3.8, 4) is 0 Å². The highest BCUT2D eigenvalue weighted by Gasteiger charge is 2.18. The normalized spacial score (nSPS) is 10.8. The second kappa shape index (κ2) is 6.61. The molecular weight excluding hydrogens is 268 g/mol. The molecule has 0 radical (unpaired) electrons. The number of aromatic nitrogens is 1. The first kappa shape index (κ1) is 15.6. The molecular formula is C13H19ClN2O3. The van der Waals surface area contributed by atoms with Gasteiger partial charge in [-0.3, -0.25) is 9.59 Å². The molecule has 6 heteroatoms. The van der Waals surface area contributed by atoms with E-state index in [-0.39, 0.29) is 18.4 Å². The second-order valence-corrected chi connectivity index (χ2v) is 5.21. The van der Waals surface area contributed by atoms with Crippen molar-refractivity contribution in [1.82, 2.24) is 9.47 Å². The van der Waals surface area contributed by atoms with Gasteiger partial charge in [-0.15, -0.1) is 0 Å². The van der Waals surface area contributed by atoms with E-state index in [1.165, 1.54) is 4.90 Å². The highest BCUT2D eigenvalue weighted by atomic mass is 35.5. The Balaban J connectivity index is 2.74. The second-order valence-electron chi connectivity index (χ2n) is 4.77. The standard InChI is InChI=1S/C13H19ClN2O3/c1-9(2)16-8-10(14)7-11(16)13(19)15(3)6-4-5-12(17)18/h7-9H,4-6H2,1-3H3,(H,17,18). The minimum Gasteiger partial charge on any atom is -0.481 e. The summed E-state index contributed by atoms with van der Waals surface area (Å²) in [5.74, 6) is -1.000. The van der Waals surface area contributed by atoms with Gasteiger partial charge in [0.1, 0.15) is 5.69 Å². The quantitative estimate of drug-likeness (QED) is 0.874. The zero-order valence-corrected chi connectivity index (χ0v) is 12.1. The number of aliphatic carboxylic acids is 1. The Bertz CT molecular complexity index is 468. The number of hydrogen-bond donors (Lipinski definition) is 1. The molecule has 0 unspecified atom stereocenters. The van der Waals surface area contributed by atoms with Gasteiger partial charge in [0, 0.05) is 32.3 Å². The molecule has 0 atom stereocenters. The molecule has 1 aromatic rings. The summed E-state index contributed by atoms with van der Waals surface area (Å²) in [5, 5.41) is 9.10. The topological polar surface area (TPSA) is 62.5 Å². The first-order valence-corrected chi connectivity index (χ1v) is 6.55. The maximum atomic E-state index is 12.3. The van der Waals surface area contributed by atoms with Crippen molar-refractivity contribution in [2.45, 2.75) is 32.7 Å². The third-order valence-corrected chi connectivity index (χ3v) is 3.03. The Morgan fingerprint density at radius 3 is 2.63 bits per heavy atom. The molecule has 19 heavy (non-hydrogen) atoms. The zero-order chi connectivity index (χ0) is 14.6. The van der Waals surface area contributed by atoms with Crippen LogP contribution in [0, 0.1) is 0 Å². The summed E-state index contributed by atoms with van der Waals surface area (Å²) in [7, 11) is 1.66. The van der Waals surface area contributed by atoms with E-state index in [4.69, 9.17) is 16.7 Å². The maximum absolute atomic E-state index is 12.3. The number of carbonyl (C=O) groups is 2. The number of rotatable bonds is 6. The molecule has 1 aromatic heterocycles. The van der Waals surface area contributed by atoms with Crippen molar-refractivity contribution in [3.63, 3.8) is 0 Å². The van der Waals surface area contributed by atoms with Gasteiger partial charge in [0.2, 0.25) is 0 Å². The molecule has 0 fully saturated rings. The molecule has 0 aliphatic carbocycles. The van der Waals surface area contributed by atoms with Crippen LogP contribution in [0.2, 0.25) is 5.02 Å². The largest absolute Gasteiger partial charge is 0.481 e. The average molecular weight is 287 g/mol. The number of halogens is 1. The van der Waals surface area contributed by atoms with Gasteiger partial charge in [0.15, 0.2) is 0 Å². The molecule has 1 N–H and O–H groups in total. The fourth-order valence-electron chi connectivity index (χ4n) is 1.81. The monoisotopic (exact) mass is 286 g/mol. The lowest BCUT2D eigenvalue weighted by molar-refractivity contribution is -0.137. The van der Waals surface area contributed by atoms with Gasteiger partial charge in [-0.1, -0.05) is 11.6 Å². The summed E-state index contributed by atoms with van der Waals surface area (Å²) >= 11 is 5.94. The molecule has 1 rings (SSSR count). The van der Waals surface area contributed by atoms with Crippen LogP contribution < -0.4 is 0 Å². The number of carboxylic acids is 1. The predicted octanol–water partition coefficient (Wildman–Crippen LogP) is 2.66. The number of carboxylic acid groups (broad SMARTS) is 1. The minimum absolute atomic E-state index is 0.0591. The van der Waals surface area contributed by atoms with Crippen molar-refractivity contribution >= 4 is 23.5 Å². The van der Waals surface area contributed by atoms with Crippen LogP contribution in [-0.2, 0) is 4.79 Å². The lowest BCUT2D eigenvalue weighted by atomic mass is 10.2. The summed E-state index contributed by atoms with van der Waals surface area (Å²) in [6, 6.07) is 1.77. The van der Waals surface area contributed by atoms with Crippen molar-refractivity contribution in [2.75, 3.05) is 13.6 Å². The molecule has 106 valence electrons. The molecule has 0 aromatic carbocycles. The minimum atomic E-state index is -0.852. The van der Waals surface area contributed by atoms with E-state index < -0.39 is 5.97 Å². The van der Waals surface area contributed by atoms with Gasteiger partial charge in [-0.05, 0) is 26.3 Å². The van der Waals surface area contributed by atoms with Crippen LogP contribution in [0.4, 0.5) is 0 Å². The van der Waals surface area contributed by atoms with Crippen LogP contribution in [0.1, 0.15) is 43.2 Å². The van der Waals surface area contributed by atoms with Crippen LogP contribution in [0.25, 0.3) is 0 Å². The number of nitrogens with zero attached hydrogens (tertiary/aromatic N) is 2. The van der Waals surface area contributed by atoms with E-state index in [2.05, 4.69) is 0 Å². The zero-order valence-electron chi connectivity index (χ0n) is 11.4. The summed E-state index contributed by atoms with van der Waals surface area (Å²) in [6.07, 6.45) is 2.22. The molecule has 0 aliphatic rings. The van der Waals surface area contributed by atoms with Crippen molar-refractivity contribution in [1.29, 1.82) is 0 Å². The summed E-state index contributed by atoms with van der Waals surface area (Å²) in [5.41, 5.74) is 0.526. The van der Waals surface area contributed by atoms with E-state index in [0.717, 1.165) is 0 Å². The molecule has 0 saturated heterocycles. The fourth-order valence-corrected chi connectivity index (χ4v) is 2.02. The van der Waals surface area contributed by atoms with Crippen molar-refractivity contribution < 1.29 is 14.7 Å². The summed E-state index contributed by atoms with van der Waals surface area (Å²) in [4.78, 5) is 24.2. The van der Waals surface area contributed by atoms with Gasteiger partial charge in [0.25, 0.3) is 5.91 Å². The molecule has 0 aliphatic heterocycles. The van der Waals surface area contributed by atoms with Crippen LogP contribution in [-0.4, -0.2) is 40.0 Å². The lowest BCUT2D eigenvalue weighted by Gasteiger charge is -2.19. The van der Waals surface area contributed by atoms with Crippen molar-refractivity contribution in [2.24, 2.45) is 0 Å². The van der Waals surface area contributed by atoms with Gasteiger partial charge in [-0.25, -0.2) is 0 Å². The molecule has 1 amide bonds. The van der Waals surface area contributed by atoms with Crippen LogP contribution in [0.5, 0.6) is 0 Å². The highest BCUT2D eigenvalue weighted by molar-refractivity contribution is 6.31. The third-order valence-electron chi connectivity index (χ3n) is 2.82.